The second kappa shape index (κ2) is 5.89. The van der Waals surface area contributed by atoms with Crippen LogP contribution in [0.15, 0.2) is 22.6 Å². The zero-order valence-electron chi connectivity index (χ0n) is 13.9. The first-order valence-electron chi connectivity index (χ1n) is 8.11. The second-order valence-corrected chi connectivity index (χ2v) is 6.51. The van der Waals surface area contributed by atoms with Gasteiger partial charge >= 0.3 is 0 Å². The first kappa shape index (κ1) is 15.9. The molecule has 124 valence electrons. The maximum Gasteiger partial charge on any atom is 0.240 e. The minimum Gasteiger partial charge on any atom is -0.497 e. The number of benzene rings is 1. The largest absolute Gasteiger partial charge is 0.497 e. The number of carbonyl (C=O) groups is 1. The van der Waals surface area contributed by atoms with E-state index in [-0.39, 0.29) is 11.9 Å². The number of fused-ring (bicyclic) bond motifs is 1. The third-order valence-corrected chi connectivity index (χ3v) is 4.87. The normalized spacial score (nSPS) is 18.1. The summed E-state index contributed by atoms with van der Waals surface area (Å²) >= 11 is 0. The van der Waals surface area contributed by atoms with Gasteiger partial charge in [-0.15, -0.1) is 0 Å². The van der Waals surface area contributed by atoms with E-state index in [4.69, 9.17) is 14.9 Å². The predicted octanol–water partition coefficient (Wildman–Crippen LogP) is 3.20. The molecular formula is C18H24N2O3. The Bertz CT molecular complexity index is 729. The average molecular weight is 316 g/mol. The van der Waals surface area contributed by atoms with Crippen LogP contribution in [-0.2, 0) is 4.79 Å². The van der Waals surface area contributed by atoms with Gasteiger partial charge in [0, 0.05) is 10.9 Å². The van der Waals surface area contributed by atoms with Crippen molar-refractivity contribution < 1.29 is 13.9 Å². The first-order chi connectivity index (χ1) is 10.9. The summed E-state index contributed by atoms with van der Waals surface area (Å²) in [7, 11) is 1.64. The lowest BCUT2D eigenvalue weighted by atomic mass is 9.97. The van der Waals surface area contributed by atoms with Gasteiger partial charge in [0.25, 0.3) is 0 Å². The van der Waals surface area contributed by atoms with Crippen molar-refractivity contribution in [2.45, 2.75) is 51.1 Å². The summed E-state index contributed by atoms with van der Waals surface area (Å²) in [4.78, 5) is 12.5. The van der Waals surface area contributed by atoms with Crippen molar-refractivity contribution in [3.63, 3.8) is 0 Å². The number of hydrogen-bond donors (Lipinski definition) is 2. The smallest absolute Gasteiger partial charge is 0.240 e. The van der Waals surface area contributed by atoms with E-state index < -0.39 is 5.54 Å². The van der Waals surface area contributed by atoms with Crippen LogP contribution in [0.5, 0.6) is 5.75 Å². The summed E-state index contributed by atoms with van der Waals surface area (Å²) in [6.07, 6.45) is 3.53. The second-order valence-electron chi connectivity index (χ2n) is 6.51. The topological polar surface area (TPSA) is 77.5 Å². The van der Waals surface area contributed by atoms with Gasteiger partial charge in [0.15, 0.2) is 0 Å². The van der Waals surface area contributed by atoms with Crippen LogP contribution in [0.1, 0.15) is 50.0 Å². The van der Waals surface area contributed by atoms with E-state index in [1.165, 1.54) is 0 Å². The third kappa shape index (κ3) is 2.81. The van der Waals surface area contributed by atoms with Crippen LogP contribution in [-0.4, -0.2) is 18.6 Å². The zero-order valence-corrected chi connectivity index (χ0v) is 13.9. The highest BCUT2D eigenvalue weighted by molar-refractivity contribution is 5.87. The number of hydrogen-bond acceptors (Lipinski definition) is 4. The summed E-state index contributed by atoms with van der Waals surface area (Å²) in [6, 6.07) is 5.49. The molecule has 1 aromatic carbocycles. The quantitative estimate of drug-likeness (QED) is 0.908. The van der Waals surface area contributed by atoms with Gasteiger partial charge in [0.05, 0.1) is 18.7 Å². The van der Waals surface area contributed by atoms with E-state index >= 15 is 0 Å². The molecule has 1 amide bonds. The number of carbonyl (C=O) groups excluding carboxylic acids is 1. The van der Waals surface area contributed by atoms with E-state index in [2.05, 4.69) is 5.32 Å². The molecule has 5 heteroatoms. The van der Waals surface area contributed by atoms with Crippen molar-refractivity contribution in [3.8, 4) is 5.75 Å². The zero-order chi connectivity index (χ0) is 16.6. The van der Waals surface area contributed by atoms with Gasteiger partial charge in [-0.2, -0.15) is 0 Å². The molecule has 23 heavy (non-hydrogen) atoms. The predicted molar refractivity (Wildman–Crippen MR) is 89.4 cm³/mol. The number of amides is 1. The number of nitrogens with one attached hydrogen (secondary N) is 1. The highest BCUT2D eigenvalue weighted by Crippen LogP contribution is 2.33. The molecule has 0 radical (unpaired) electrons. The molecule has 1 aliphatic rings. The Morgan fingerprint density at radius 2 is 2.09 bits per heavy atom. The summed E-state index contributed by atoms with van der Waals surface area (Å²) in [6.45, 7) is 3.93. The van der Waals surface area contributed by atoms with Crippen LogP contribution in [0.4, 0.5) is 0 Å². The molecule has 1 heterocycles. The van der Waals surface area contributed by atoms with E-state index in [9.17, 15) is 4.79 Å². The van der Waals surface area contributed by atoms with Gasteiger partial charge in [-0.1, -0.05) is 12.8 Å². The van der Waals surface area contributed by atoms with Gasteiger partial charge in [-0.3, -0.25) is 4.79 Å². The Labute approximate surface area is 136 Å². The molecule has 0 spiro atoms. The Morgan fingerprint density at radius 3 is 2.74 bits per heavy atom. The molecule has 1 atom stereocenters. The maximum absolute atomic E-state index is 12.5. The molecule has 1 aromatic heterocycles. The lowest BCUT2D eigenvalue weighted by Crippen LogP contribution is -2.52. The Balaban J connectivity index is 1.84. The molecule has 1 saturated carbocycles. The van der Waals surface area contributed by atoms with Gasteiger partial charge in [-0.25, -0.2) is 0 Å². The van der Waals surface area contributed by atoms with Gasteiger partial charge in [0.1, 0.15) is 17.1 Å². The van der Waals surface area contributed by atoms with E-state index in [0.717, 1.165) is 53.7 Å². The lowest BCUT2D eigenvalue weighted by molar-refractivity contribution is -0.126. The van der Waals surface area contributed by atoms with Crippen molar-refractivity contribution in [1.82, 2.24) is 5.32 Å². The molecule has 3 rings (SSSR count). The Kier molecular flexibility index (Phi) is 4.06. The molecule has 0 aliphatic heterocycles. The maximum atomic E-state index is 12.5. The SMILES string of the molecule is COc1ccc2oc(C(C)NC(=O)C3(N)CCCC3)c(C)c2c1. The monoisotopic (exact) mass is 316 g/mol. The van der Waals surface area contributed by atoms with E-state index in [1.54, 1.807) is 7.11 Å². The van der Waals surface area contributed by atoms with Crippen LogP contribution in [0.25, 0.3) is 11.0 Å². The fraction of sp³-hybridized carbons (Fsp3) is 0.500. The highest BCUT2D eigenvalue weighted by Gasteiger charge is 2.38. The van der Waals surface area contributed by atoms with Crippen LogP contribution < -0.4 is 15.8 Å². The highest BCUT2D eigenvalue weighted by atomic mass is 16.5. The molecule has 1 unspecified atom stereocenters. The molecular weight excluding hydrogens is 292 g/mol. The fourth-order valence-corrected chi connectivity index (χ4v) is 3.40. The molecule has 1 fully saturated rings. The van der Waals surface area contributed by atoms with Crippen molar-refractivity contribution in [1.29, 1.82) is 0 Å². The minimum absolute atomic E-state index is 0.0834. The number of nitrogens with two attached hydrogens (primary N) is 1. The third-order valence-electron chi connectivity index (χ3n) is 4.87. The van der Waals surface area contributed by atoms with E-state index in [1.807, 2.05) is 32.0 Å². The molecule has 0 saturated heterocycles. The minimum atomic E-state index is -0.725. The van der Waals surface area contributed by atoms with Crippen molar-refractivity contribution >= 4 is 16.9 Å². The average Bonchev–Trinajstić information content (AvgIpc) is 3.12. The first-order valence-corrected chi connectivity index (χ1v) is 8.11. The fourth-order valence-electron chi connectivity index (χ4n) is 3.40. The van der Waals surface area contributed by atoms with Crippen LogP contribution in [0.2, 0.25) is 0 Å². The summed E-state index contributed by atoms with van der Waals surface area (Å²) < 4.78 is 11.2. The van der Waals surface area contributed by atoms with E-state index in [0.29, 0.717) is 0 Å². The van der Waals surface area contributed by atoms with Crippen LogP contribution in [0.3, 0.4) is 0 Å². The standard InChI is InChI=1S/C18H24N2O3/c1-11-14-10-13(22-3)6-7-15(14)23-16(11)12(2)20-17(21)18(19)8-4-5-9-18/h6-7,10,12H,4-5,8-9,19H2,1-3H3,(H,20,21). The summed E-state index contributed by atoms with van der Waals surface area (Å²) in [5, 5.41) is 4.02. The van der Waals surface area contributed by atoms with Crippen molar-refractivity contribution in [2.24, 2.45) is 5.73 Å². The lowest BCUT2D eigenvalue weighted by Gasteiger charge is -2.24. The summed E-state index contributed by atoms with van der Waals surface area (Å²) in [5.74, 6) is 1.47. The van der Waals surface area contributed by atoms with Crippen molar-refractivity contribution in [2.75, 3.05) is 7.11 Å². The Hall–Kier alpha value is -2.01. The molecule has 1 aliphatic carbocycles. The number of furan rings is 1. The number of methoxy groups -OCH3 is 1. The van der Waals surface area contributed by atoms with Crippen molar-refractivity contribution in [3.05, 3.63) is 29.5 Å². The molecule has 5 nitrogen and oxygen atoms in total. The molecule has 2 aromatic rings. The summed E-state index contributed by atoms with van der Waals surface area (Å²) in [5.41, 5.74) is 7.31. The van der Waals surface area contributed by atoms with Gasteiger partial charge in [0.2, 0.25) is 5.91 Å². The van der Waals surface area contributed by atoms with Crippen LogP contribution >= 0.6 is 0 Å². The van der Waals surface area contributed by atoms with Crippen LogP contribution in [0, 0.1) is 6.92 Å². The van der Waals surface area contributed by atoms with Gasteiger partial charge in [-0.05, 0) is 44.9 Å². The number of ether oxygens (including phenoxy) is 1. The number of rotatable bonds is 4. The van der Waals surface area contributed by atoms with Gasteiger partial charge < -0.3 is 20.2 Å². The molecule has 0 bridgehead atoms. The molecule has 3 N–H and O–H groups in total. The number of aryl methyl sites for hydroxylation is 1. The Morgan fingerprint density at radius 1 is 1.39 bits per heavy atom.